The van der Waals surface area contributed by atoms with E-state index in [9.17, 15) is 8.78 Å². The average molecular weight is 362 g/mol. The fraction of sp³-hybridized carbons (Fsp3) is 0. The van der Waals surface area contributed by atoms with Crippen molar-refractivity contribution in [1.29, 1.82) is 0 Å². The van der Waals surface area contributed by atoms with Gasteiger partial charge in [-0.15, -0.1) is 5.10 Å². The number of benzene rings is 2. The van der Waals surface area contributed by atoms with Gasteiger partial charge in [-0.1, -0.05) is 24.3 Å². The first-order chi connectivity index (χ1) is 13.2. The minimum Gasteiger partial charge on any atom is -0.322 e. The number of nitrogens with one attached hydrogen (secondary N) is 2. The summed E-state index contributed by atoms with van der Waals surface area (Å²) in [5.41, 5.74) is 2.38. The summed E-state index contributed by atoms with van der Waals surface area (Å²) in [7, 11) is 0. The summed E-state index contributed by atoms with van der Waals surface area (Å²) in [5, 5.41) is 14.4. The third-order valence-electron chi connectivity index (χ3n) is 4.29. The molecule has 0 unspecified atom stereocenters. The Hall–Kier alpha value is -3.81. The van der Waals surface area contributed by atoms with Gasteiger partial charge in [-0.25, -0.2) is 18.5 Å². The Bertz CT molecular complexity index is 1160. The number of nitrogens with zero attached hydrogens (tertiary/aromatic N) is 4. The van der Waals surface area contributed by atoms with Crippen LogP contribution in [0.2, 0.25) is 0 Å². The van der Waals surface area contributed by atoms with Crippen LogP contribution in [0.4, 0.5) is 20.3 Å². The summed E-state index contributed by atoms with van der Waals surface area (Å²) in [4.78, 5) is 4.36. The molecule has 27 heavy (non-hydrogen) atoms. The molecule has 1 aliphatic heterocycles. The topological polar surface area (TPSA) is 70.9 Å². The molecule has 8 heteroatoms. The van der Waals surface area contributed by atoms with Crippen LogP contribution in [0.1, 0.15) is 5.56 Å². The van der Waals surface area contributed by atoms with Crippen molar-refractivity contribution < 1.29 is 8.78 Å². The maximum absolute atomic E-state index is 14.3. The molecule has 0 bridgehead atoms. The van der Waals surface area contributed by atoms with Gasteiger partial charge >= 0.3 is 0 Å². The fourth-order valence-corrected chi connectivity index (χ4v) is 3.03. The summed E-state index contributed by atoms with van der Waals surface area (Å²) in [6, 6.07) is 13.2. The molecule has 3 heterocycles. The lowest BCUT2D eigenvalue weighted by molar-refractivity contribution is 0.579. The monoisotopic (exact) mass is 362 g/mol. The van der Waals surface area contributed by atoms with Crippen LogP contribution in [0.25, 0.3) is 16.9 Å². The van der Waals surface area contributed by atoms with Gasteiger partial charge in [0.2, 0.25) is 0 Å². The Kier molecular flexibility index (Phi) is 3.36. The summed E-state index contributed by atoms with van der Waals surface area (Å²) in [6.45, 7) is 0. The number of H-pyrrole nitrogens is 1. The van der Waals surface area contributed by atoms with E-state index >= 15 is 0 Å². The first-order valence-electron chi connectivity index (χ1n) is 8.19. The Morgan fingerprint density at radius 2 is 1.70 bits per heavy atom. The maximum Gasteiger partial charge on any atom is 0.163 e. The molecule has 4 aromatic rings. The van der Waals surface area contributed by atoms with E-state index in [0.29, 0.717) is 22.8 Å². The Balaban J connectivity index is 1.70. The van der Waals surface area contributed by atoms with Gasteiger partial charge < -0.3 is 5.32 Å². The van der Waals surface area contributed by atoms with Crippen LogP contribution in [0.15, 0.2) is 65.9 Å². The smallest absolute Gasteiger partial charge is 0.163 e. The maximum atomic E-state index is 14.3. The number of hydrogen-bond donors (Lipinski definition) is 2. The summed E-state index contributed by atoms with van der Waals surface area (Å²) in [5.74, 6) is -0.969. The number of para-hydroxylation sites is 1. The standard InChI is InChI=1S/C19H12F2N6/c20-13-7-4-8-14(21)16(13)19-23-15-9-22-25-17(15)12-10-27(26-18(12)24-19)11-5-2-1-3-6-11/h1-10H,(H,22,25)(H,23,24,26). The van der Waals surface area contributed by atoms with Crippen LogP contribution in [0, 0.1) is 11.6 Å². The molecule has 0 saturated heterocycles. The third-order valence-corrected chi connectivity index (χ3v) is 4.29. The first kappa shape index (κ1) is 15.4. The second-order valence-electron chi connectivity index (χ2n) is 5.98. The molecule has 0 atom stereocenters. The highest BCUT2D eigenvalue weighted by atomic mass is 19.1. The largest absolute Gasteiger partial charge is 0.322 e. The van der Waals surface area contributed by atoms with E-state index in [1.54, 1.807) is 4.68 Å². The van der Waals surface area contributed by atoms with Gasteiger partial charge in [-0.05, 0) is 24.3 Å². The SMILES string of the molecule is Fc1cccc(F)c1C1=Nc2cn[nH]c2-c2cn(-c3ccccc3)nc2N1. The highest BCUT2D eigenvalue weighted by Gasteiger charge is 2.25. The van der Waals surface area contributed by atoms with Crippen molar-refractivity contribution in [2.75, 3.05) is 5.32 Å². The summed E-state index contributed by atoms with van der Waals surface area (Å²) in [6.07, 6.45) is 3.32. The van der Waals surface area contributed by atoms with Crippen LogP contribution < -0.4 is 5.32 Å². The Morgan fingerprint density at radius 1 is 0.926 bits per heavy atom. The molecule has 0 amide bonds. The van der Waals surface area contributed by atoms with Gasteiger partial charge in [0.1, 0.15) is 23.2 Å². The minimum absolute atomic E-state index is 0.0327. The van der Waals surface area contributed by atoms with Crippen LogP contribution in [0.5, 0.6) is 0 Å². The van der Waals surface area contributed by atoms with Crippen molar-refractivity contribution in [3.63, 3.8) is 0 Å². The highest BCUT2D eigenvalue weighted by Crippen LogP contribution is 2.37. The number of aliphatic imine (C=N–C) groups is 1. The van der Waals surface area contributed by atoms with Crippen molar-refractivity contribution >= 4 is 17.3 Å². The number of fused-ring (bicyclic) bond motifs is 3. The van der Waals surface area contributed by atoms with Crippen LogP contribution in [-0.2, 0) is 0 Å². The van der Waals surface area contributed by atoms with Gasteiger partial charge in [0.25, 0.3) is 0 Å². The van der Waals surface area contributed by atoms with Gasteiger partial charge in [0.15, 0.2) is 5.82 Å². The molecular weight excluding hydrogens is 350 g/mol. The average Bonchev–Trinajstić information content (AvgIpc) is 3.26. The van der Waals surface area contributed by atoms with Gasteiger partial charge in [0.05, 0.1) is 28.7 Å². The van der Waals surface area contributed by atoms with E-state index in [1.165, 1.54) is 24.4 Å². The van der Waals surface area contributed by atoms with E-state index in [4.69, 9.17) is 0 Å². The molecule has 0 aliphatic carbocycles. The van der Waals surface area contributed by atoms with Gasteiger partial charge in [-0.3, -0.25) is 5.10 Å². The van der Waals surface area contributed by atoms with Crippen molar-refractivity contribution in [3.8, 4) is 16.9 Å². The second kappa shape index (κ2) is 5.87. The quantitative estimate of drug-likeness (QED) is 0.565. The molecule has 0 spiro atoms. The van der Waals surface area contributed by atoms with Crippen molar-refractivity contribution in [2.45, 2.75) is 0 Å². The van der Waals surface area contributed by atoms with Crippen molar-refractivity contribution in [2.24, 2.45) is 4.99 Å². The Morgan fingerprint density at radius 3 is 2.48 bits per heavy atom. The third kappa shape index (κ3) is 2.50. The molecule has 0 saturated carbocycles. The van der Waals surface area contributed by atoms with E-state index in [1.807, 2.05) is 36.5 Å². The lowest BCUT2D eigenvalue weighted by Crippen LogP contribution is -2.17. The van der Waals surface area contributed by atoms with Crippen molar-refractivity contribution in [3.05, 3.63) is 78.1 Å². The van der Waals surface area contributed by atoms with Crippen LogP contribution >= 0.6 is 0 Å². The summed E-state index contributed by atoms with van der Waals surface area (Å²) < 4.78 is 30.3. The molecule has 0 fully saturated rings. The minimum atomic E-state index is -0.711. The Labute approximate surface area is 152 Å². The molecule has 5 rings (SSSR count). The van der Waals surface area contributed by atoms with Gasteiger partial charge in [0, 0.05) is 6.20 Å². The molecule has 2 aromatic carbocycles. The molecule has 0 radical (unpaired) electrons. The van der Waals surface area contributed by atoms with Crippen LogP contribution in [-0.4, -0.2) is 25.8 Å². The predicted molar refractivity (Wildman–Crippen MR) is 97.3 cm³/mol. The molecule has 1 aliphatic rings. The molecule has 132 valence electrons. The number of hydrogen-bond acceptors (Lipinski definition) is 4. The van der Waals surface area contributed by atoms with E-state index in [-0.39, 0.29) is 11.4 Å². The molecule has 6 nitrogen and oxygen atoms in total. The van der Waals surface area contributed by atoms with E-state index in [2.05, 4.69) is 25.6 Å². The van der Waals surface area contributed by atoms with Gasteiger partial charge in [-0.2, -0.15) is 5.10 Å². The van der Waals surface area contributed by atoms with Crippen molar-refractivity contribution in [1.82, 2.24) is 20.0 Å². The lowest BCUT2D eigenvalue weighted by atomic mass is 10.1. The first-order valence-corrected chi connectivity index (χ1v) is 8.19. The lowest BCUT2D eigenvalue weighted by Gasteiger charge is -2.09. The number of anilines is 1. The zero-order chi connectivity index (χ0) is 18.4. The normalized spacial score (nSPS) is 12.6. The number of rotatable bonds is 2. The summed E-state index contributed by atoms with van der Waals surface area (Å²) >= 11 is 0. The molecule has 2 aromatic heterocycles. The number of aromatic amines is 1. The molecule has 2 N–H and O–H groups in total. The second-order valence-corrected chi connectivity index (χ2v) is 5.98. The highest BCUT2D eigenvalue weighted by molar-refractivity contribution is 6.12. The zero-order valence-electron chi connectivity index (χ0n) is 13.8. The zero-order valence-corrected chi connectivity index (χ0v) is 13.8. The van der Waals surface area contributed by atoms with E-state index in [0.717, 1.165) is 5.69 Å². The van der Waals surface area contributed by atoms with E-state index < -0.39 is 11.6 Å². The van der Waals surface area contributed by atoms with Crippen LogP contribution in [0.3, 0.4) is 0 Å². The number of halogens is 2. The number of amidine groups is 1. The fourth-order valence-electron chi connectivity index (χ4n) is 3.03. The number of aromatic nitrogens is 4. The molecular formula is C19H12F2N6. The predicted octanol–water partition coefficient (Wildman–Crippen LogP) is 4.04.